The highest BCUT2D eigenvalue weighted by atomic mass is 16.5. The normalized spacial score (nSPS) is 21.6. The molecule has 0 amide bonds. The monoisotopic (exact) mass is 219 g/mol. The molecular weight excluding hydrogens is 202 g/mol. The zero-order valence-corrected chi connectivity index (χ0v) is 9.53. The van der Waals surface area contributed by atoms with Gasteiger partial charge in [-0.3, -0.25) is 0 Å². The molecule has 0 bridgehead atoms. The molecule has 0 saturated heterocycles. The quantitative estimate of drug-likeness (QED) is 0.844. The second-order valence-electron chi connectivity index (χ2n) is 4.84. The minimum atomic E-state index is -0.103. The second-order valence-corrected chi connectivity index (χ2v) is 4.84. The maximum absolute atomic E-state index is 6.18. The van der Waals surface area contributed by atoms with Crippen molar-refractivity contribution in [2.24, 2.45) is 5.73 Å². The van der Waals surface area contributed by atoms with Gasteiger partial charge in [-0.25, -0.2) is 0 Å². The average Bonchev–Trinajstić information content (AvgIpc) is 3.17. The molecule has 16 heavy (non-hydrogen) atoms. The Bertz CT molecular complexity index is 408. The van der Waals surface area contributed by atoms with E-state index in [0.717, 1.165) is 37.2 Å². The SMILES string of the molecule is COc1ccc(C2(N)CC2)cc1OC1CC1. The highest BCUT2D eigenvalue weighted by Gasteiger charge is 2.40. The van der Waals surface area contributed by atoms with Crippen LogP contribution in [0, 0.1) is 0 Å². The van der Waals surface area contributed by atoms with E-state index in [9.17, 15) is 0 Å². The van der Waals surface area contributed by atoms with E-state index in [1.165, 1.54) is 5.56 Å². The first kappa shape index (κ1) is 9.97. The van der Waals surface area contributed by atoms with Gasteiger partial charge in [0.2, 0.25) is 0 Å². The van der Waals surface area contributed by atoms with Gasteiger partial charge in [-0.2, -0.15) is 0 Å². The summed E-state index contributed by atoms with van der Waals surface area (Å²) in [6, 6.07) is 6.05. The predicted octanol–water partition coefficient (Wildman–Crippen LogP) is 2.18. The molecule has 2 N–H and O–H groups in total. The third kappa shape index (κ3) is 1.76. The van der Waals surface area contributed by atoms with E-state index in [1.807, 2.05) is 18.2 Å². The lowest BCUT2D eigenvalue weighted by atomic mass is 10.1. The Morgan fingerprint density at radius 1 is 1.25 bits per heavy atom. The van der Waals surface area contributed by atoms with E-state index in [-0.39, 0.29) is 5.54 Å². The molecule has 2 aliphatic carbocycles. The number of rotatable bonds is 4. The van der Waals surface area contributed by atoms with Gasteiger partial charge >= 0.3 is 0 Å². The van der Waals surface area contributed by atoms with Crippen LogP contribution >= 0.6 is 0 Å². The average molecular weight is 219 g/mol. The van der Waals surface area contributed by atoms with Gasteiger partial charge in [0, 0.05) is 5.54 Å². The number of methoxy groups -OCH3 is 1. The number of nitrogens with two attached hydrogens (primary N) is 1. The van der Waals surface area contributed by atoms with Crippen molar-refractivity contribution in [1.29, 1.82) is 0 Å². The van der Waals surface area contributed by atoms with Crippen molar-refractivity contribution in [1.82, 2.24) is 0 Å². The first-order chi connectivity index (χ1) is 7.71. The number of benzene rings is 1. The number of ether oxygens (including phenoxy) is 2. The van der Waals surface area contributed by atoms with Gasteiger partial charge in [-0.05, 0) is 43.4 Å². The summed E-state index contributed by atoms with van der Waals surface area (Å²) in [5.41, 5.74) is 7.25. The van der Waals surface area contributed by atoms with Gasteiger partial charge in [0.25, 0.3) is 0 Å². The fourth-order valence-corrected chi connectivity index (χ4v) is 1.87. The molecule has 0 radical (unpaired) electrons. The fraction of sp³-hybridized carbons (Fsp3) is 0.538. The fourth-order valence-electron chi connectivity index (χ4n) is 1.87. The Balaban J connectivity index is 1.91. The summed E-state index contributed by atoms with van der Waals surface area (Å²) in [6.45, 7) is 0. The molecule has 0 unspecified atom stereocenters. The summed E-state index contributed by atoms with van der Waals surface area (Å²) < 4.78 is 11.1. The maximum atomic E-state index is 6.18. The molecule has 1 aromatic rings. The van der Waals surface area contributed by atoms with Gasteiger partial charge in [0.15, 0.2) is 11.5 Å². The topological polar surface area (TPSA) is 44.5 Å². The number of hydrogen-bond donors (Lipinski definition) is 1. The Kier molecular flexibility index (Phi) is 2.11. The second kappa shape index (κ2) is 3.39. The smallest absolute Gasteiger partial charge is 0.161 e. The summed E-state index contributed by atoms with van der Waals surface area (Å²) in [5.74, 6) is 1.65. The van der Waals surface area contributed by atoms with Gasteiger partial charge in [-0.1, -0.05) is 6.07 Å². The van der Waals surface area contributed by atoms with E-state index in [2.05, 4.69) is 0 Å². The third-order valence-corrected chi connectivity index (χ3v) is 3.35. The van der Waals surface area contributed by atoms with E-state index in [0.29, 0.717) is 6.10 Å². The summed E-state index contributed by atoms with van der Waals surface area (Å²) in [4.78, 5) is 0. The van der Waals surface area contributed by atoms with E-state index in [4.69, 9.17) is 15.2 Å². The molecule has 0 heterocycles. The van der Waals surface area contributed by atoms with E-state index >= 15 is 0 Å². The zero-order valence-electron chi connectivity index (χ0n) is 9.53. The molecule has 2 fully saturated rings. The Morgan fingerprint density at radius 2 is 2.00 bits per heavy atom. The van der Waals surface area contributed by atoms with Crippen LogP contribution in [-0.2, 0) is 5.54 Å². The van der Waals surface area contributed by atoms with Crippen LogP contribution in [0.5, 0.6) is 11.5 Å². The molecular formula is C13H17NO2. The molecule has 3 nitrogen and oxygen atoms in total. The first-order valence-electron chi connectivity index (χ1n) is 5.85. The van der Waals surface area contributed by atoms with Crippen LogP contribution in [0.4, 0.5) is 0 Å². The molecule has 0 atom stereocenters. The van der Waals surface area contributed by atoms with Crippen molar-refractivity contribution in [3.05, 3.63) is 23.8 Å². The Morgan fingerprint density at radius 3 is 2.56 bits per heavy atom. The van der Waals surface area contributed by atoms with Crippen LogP contribution in [0.2, 0.25) is 0 Å². The summed E-state index contributed by atoms with van der Waals surface area (Å²) in [7, 11) is 1.67. The minimum absolute atomic E-state index is 0.103. The minimum Gasteiger partial charge on any atom is -0.493 e. The van der Waals surface area contributed by atoms with Crippen molar-refractivity contribution < 1.29 is 9.47 Å². The van der Waals surface area contributed by atoms with Crippen molar-refractivity contribution in [3.63, 3.8) is 0 Å². The standard InChI is InChI=1S/C13H17NO2/c1-15-11-5-2-9(13(14)6-7-13)8-12(11)16-10-3-4-10/h2,5,8,10H,3-4,6-7,14H2,1H3. The van der Waals surface area contributed by atoms with Crippen LogP contribution < -0.4 is 15.2 Å². The maximum Gasteiger partial charge on any atom is 0.161 e. The molecule has 86 valence electrons. The van der Waals surface area contributed by atoms with Crippen LogP contribution in [0.15, 0.2) is 18.2 Å². The van der Waals surface area contributed by atoms with Gasteiger partial charge in [0.05, 0.1) is 13.2 Å². The molecule has 1 aromatic carbocycles. The van der Waals surface area contributed by atoms with Gasteiger partial charge < -0.3 is 15.2 Å². The Hall–Kier alpha value is -1.22. The van der Waals surface area contributed by atoms with Crippen molar-refractivity contribution in [3.8, 4) is 11.5 Å². The predicted molar refractivity (Wildman–Crippen MR) is 61.7 cm³/mol. The summed E-state index contributed by atoms with van der Waals surface area (Å²) >= 11 is 0. The van der Waals surface area contributed by atoms with Crippen molar-refractivity contribution in [2.45, 2.75) is 37.3 Å². The highest BCUT2D eigenvalue weighted by molar-refractivity contribution is 5.46. The molecule has 3 heteroatoms. The first-order valence-corrected chi connectivity index (χ1v) is 5.85. The lowest BCUT2D eigenvalue weighted by Gasteiger charge is -2.14. The van der Waals surface area contributed by atoms with Crippen molar-refractivity contribution in [2.75, 3.05) is 7.11 Å². The molecule has 0 spiro atoms. The molecule has 0 aliphatic heterocycles. The third-order valence-electron chi connectivity index (χ3n) is 3.35. The van der Waals surface area contributed by atoms with Gasteiger partial charge in [-0.15, -0.1) is 0 Å². The van der Waals surface area contributed by atoms with E-state index in [1.54, 1.807) is 7.11 Å². The molecule has 3 rings (SSSR count). The Labute approximate surface area is 95.5 Å². The summed E-state index contributed by atoms with van der Waals surface area (Å²) in [5, 5.41) is 0. The van der Waals surface area contributed by atoms with E-state index < -0.39 is 0 Å². The van der Waals surface area contributed by atoms with Crippen LogP contribution in [0.25, 0.3) is 0 Å². The summed E-state index contributed by atoms with van der Waals surface area (Å²) in [6.07, 6.45) is 4.84. The van der Waals surface area contributed by atoms with Gasteiger partial charge in [0.1, 0.15) is 0 Å². The number of hydrogen-bond acceptors (Lipinski definition) is 3. The van der Waals surface area contributed by atoms with Crippen LogP contribution in [0.3, 0.4) is 0 Å². The van der Waals surface area contributed by atoms with Crippen molar-refractivity contribution >= 4 is 0 Å². The zero-order chi connectivity index (χ0) is 11.2. The van der Waals surface area contributed by atoms with Crippen LogP contribution in [0.1, 0.15) is 31.2 Å². The van der Waals surface area contributed by atoms with Crippen LogP contribution in [-0.4, -0.2) is 13.2 Å². The largest absolute Gasteiger partial charge is 0.493 e. The highest BCUT2D eigenvalue weighted by Crippen LogP contribution is 2.45. The molecule has 2 saturated carbocycles. The molecule has 0 aromatic heterocycles. The lowest BCUT2D eigenvalue weighted by Crippen LogP contribution is -2.18. The molecule has 2 aliphatic rings. The lowest BCUT2D eigenvalue weighted by molar-refractivity contribution is 0.281.